The zero-order valence-corrected chi connectivity index (χ0v) is 5.97. The van der Waals surface area contributed by atoms with Gasteiger partial charge in [0.2, 0.25) is 0 Å². The van der Waals surface area contributed by atoms with Gasteiger partial charge in [0.1, 0.15) is 0 Å². The Bertz CT molecular complexity index is 31.7. The summed E-state index contributed by atoms with van der Waals surface area (Å²) >= 11 is 16.0. The minimum atomic E-state index is 0.396. The molecule has 44 valence electrons. The van der Waals surface area contributed by atoms with Crippen LogP contribution in [0.4, 0.5) is 0 Å². The fraction of sp³-hybridized carbons (Fsp3) is 1.00. The highest BCUT2D eigenvalue weighted by Crippen LogP contribution is 1.94. The largest absolute Gasteiger partial charge is 0.262 e. The molecular formula is C3H6Cl3N. The highest BCUT2D eigenvalue weighted by atomic mass is 35.5. The van der Waals surface area contributed by atoms with Gasteiger partial charge in [-0.05, 0) is 0 Å². The fourth-order valence-electron chi connectivity index (χ4n) is 0.0958. The standard InChI is InChI=1S/C3H6Cl3N/c4-1-7(2-5)3-6/h1-3H2. The lowest BCUT2D eigenvalue weighted by Gasteiger charge is -2.08. The third-order valence-electron chi connectivity index (χ3n) is 0.507. The monoisotopic (exact) mass is 161 g/mol. The molecular weight excluding hydrogens is 156 g/mol. The maximum absolute atomic E-state index is 5.32. The normalized spacial score (nSPS) is 10.3. The third kappa shape index (κ3) is 3.42. The molecule has 0 bridgehead atoms. The zero-order chi connectivity index (χ0) is 5.70. The van der Waals surface area contributed by atoms with E-state index in [0.717, 1.165) is 0 Å². The van der Waals surface area contributed by atoms with E-state index in [-0.39, 0.29) is 0 Å². The van der Waals surface area contributed by atoms with Crippen LogP contribution in [0.3, 0.4) is 0 Å². The van der Waals surface area contributed by atoms with Gasteiger partial charge in [0.05, 0.1) is 18.0 Å². The first-order valence-electron chi connectivity index (χ1n) is 1.75. The second-order valence-electron chi connectivity index (χ2n) is 1.03. The summed E-state index contributed by atoms with van der Waals surface area (Å²) in [6, 6.07) is 1.19. The molecule has 0 radical (unpaired) electrons. The quantitative estimate of drug-likeness (QED) is 0.452. The van der Waals surface area contributed by atoms with Crippen LogP contribution in [0.1, 0.15) is 0 Å². The van der Waals surface area contributed by atoms with E-state index in [2.05, 4.69) is 0 Å². The van der Waals surface area contributed by atoms with Crippen LogP contribution in [0.25, 0.3) is 0 Å². The molecule has 0 heterocycles. The van der Waals surface area contributed by atoms with Gasteiger partial charge in [-0.15, -0.1) is 34.8 Å². The molecule has 0 aliphatic heterocycles. The van der Waals surface area contributed by atoms with E-state index in [0.29, 0.717) is 18.0 Å². The van der Waals surface area contributed by atoms with Crippen molar-refractivity contribution in [1.82, 2.24) is 4.90 Å². The van der Waals surface area contributed by atoms with Gasteiger partial charge >= 0.3 is 0 Å². The predicted molar refractivity (Wildman–Crippen MR) is 34.0 cm³/mol. The summed E-state index contributed by atoms with van der Waals surface area (Å²) in [5, 5.41) is 0. The topological polar surface area (TPSA) is 3.24 Å². The second-order valence-corrected chi connectivity index (χ2v) is 1.75. The molecule has 0 unspecified atom stereocenters. The van der Waals surface area contributed by atoms with Gasteiger partial charge in [-0.1, -0.05) is 0 Å². The van der Waals surface area contributed by atoms with Gasteiger partial charge < -0.3 is 0 Å². The van der Waals surface area contributed by atoms with Gasteiger partial charge in [0, 0.05) is 0 Å². The molecule has 0 saturated heterocycles. The molecule has 0 saturated carbocycles. The van der Waals surface area contributed by atoms with Gasteiger partial charge in [-0.2, -0.15) is 0 Å². The minimum absolute atomic E-state index is 0.396. The first-order valence-corrected chi connectivity index (χ1v) is 3.35. The molecule has 0 aromatic heterocycles. The summed E-state index contributed by atoms with van der Waals surface area (Å²) in [4.78, 5) is 1.67. The van der Waals surface area contributed by atoms with Crippen molar-refractivity contribution in [2.45, 2.75) is 0 Å². The Morgan fingerprint density at radius 2 is 1.14 bits per heavy atom. The lowest BCUT2D eigenvalue weighted by molar-refractivity contribution is 0.435. The Hall–Kier alpha value is 0.830. The highest BCUT2D eigenvalue weighted by molar-refractivity contribution is 6.22. The van der Waals surface area contributed by atoms with Crippen molar-refractivity contribution in [1.29, 1.82) is 0 Å². The number of rotatable bonds is 3. The maximum Gasteiger partial charge on any atom is 0.0758 e. The zero-order valence-electron chi connectivity index (χ0n) is 3.70. The van der Waals surface area contributed by atoms with Gasteiger partial charge in [0.15, 0.2) is 0 Å². The smallest absolute Gasteiger partial charge is 0.0758 e. The van der Waals surface area contributed by atoms with Crippen LogP contribution < -0.4 is 0 Å². The Morgan fingerprint density at radius 1 is 0.857 bits per heavy atom. The van der Waals surface area contributed by atoms with Crippen LogP contribution in [0.5, 0.6) is 0 Å². The van der Waals surface area contributed by atoms with Crippen molar-refractivity contribution in [2.75, 3.05) is 18.0 Å². The molecule has 0 fully saturated rings. The molecule has 4 heteroatoms. The molecule has 0 aromatic rings. The number of alkyl halides is 3. The van der Waals surface area contributed by atoms with E-state index in [9.17, 15) is 0 Å². The van der Waals surface area contributed by atoms with Gasteiger partial charge in [-0.25, -0.2) is 0 Å². The SMILES string of the molecule is ClCN(CCl)CCl. The summed E-state index contributed by atoms with van der Waals surface area (Å²) < 4.78 is 0. The number of nitrogens with zero attached hydrogens (tertiary/aromatic N) is 1. The van der Waals surface area contributed by atoms with Crippen LogP contribution in [0.2, 0.25) is 0 Å². The van der Waals surface area contributed by atoms with E-state index in [1.165, 1.54) is 0 Å². The van der Waals surface area contributed by atoms with Crippen LogP contribution in [0.15, 0.2) is 0 Å². The van der Waals surface area contributed by atoms with Crippen molar-refractivity contribution < 1.29 is 0 Å². The summed E-state index contributed by atoms with van der Waals surface area (Å²) in [5.41, 5.74) is 0. The maximum atomic E-state index is 5.32. The Kier molecular flexibility index (Phi) is 5.57. The van der Waals surface area contributed by atoms with E-state index >= 15 is 0 Å². The van der Waals surface area contributed by atoms with Crippen LogP contribution in [-0.2, 0) is 0 Å². The molecule has 0 rings (SSSR count). The van der Waals surface area contributed by atoms with Gasteiger partial charge in [0.25, 0.3) is 0 Å². The van der Waals surface area contributed by atoms with Crippen LogP contribution in [0, 0.1) is 0 Å². The molecule has 0 aromatic carbocycles. The molecule has 0 N–H and O–H groups in total. The first kappa shape index (κ1) is 7.83. The Morgan fingerprint density at radius 3 is 1.14 bits per heavy atom. The number of hydrogen-bond donors (Lipinski definition) is 0. The lowest BCUT2D eigenvalue weighted by Crippen LogP contribution is -2.17. The highest BCUT2D eigenvalue weighted by Gasteiger charge is 1.94. The Labute approximate surface area is 58.1 Å². The summed E-state index contributed by atoms with van der Waals surface area (Å²) in [7, 11) is 0. The summed E-state index contributed by atoms with van der Waals surface area (Å²) in [6.45, 7) is 0. The molecule has 0 aliphatic carbocycles. The van der Waals surface area contributed by atoms with Crippen molar-refractivity contribution in [3.8, 4) is 0 Å². The average Bonchev–Trinajstić information content (AvgIpc) is 1.72. The second kappa shape index (κ2) is 4.98. The predicted octanol–water partition coefficient (Wildman–Crippen LogP) is 1.88. The average molecular weight is 162 g/mol. The number of hydrogen-bond acceptors (Lipinski definition) is 1. The van der Waals surface area contributed by atoms with Crippen LogP contribution >= 0.6 is 34.8 Å². The van der Waals surface area contributed by atoms with E-state index in [1.54, 1.807) is 4.90 Å². The van der Waals surface area contributed by atoms with Crippen molar-refractivity contribution in [3.63, 3.8) is 0 Å². The summed E-state index contributed by atoms with van der Waals surface area (Å²) in [5.74, 6) is 0. The molecule has 0 atom stereocenters. The van der Waals surface area contributed by atoms with E-state index in [4.69, 9.17) is 34.8 Å². The van der Waals surface area contributed by atoms with Crippen molar-refractivity contribution >= 4 is 34.8 Å². The Balaban J connectivity index is 2.99. The minimum Gasteiger partial charge on any atom is -0.262 e. The number of halogens is 3. The first-order chi connectivity index (χ1) is 3.35. The van der Waals surface area contributed by atoms with Crippen molar-refractivity contribution in [2.24, 2.45) is 0 Å². The molecule has 7 heavy (non-hydrogen) atoms. The van der Waals surface area contributed by atoms with Crippen molar-refractivity contribution in [3.05, 3.63) is 0 Å². The summed E-state index contributed by atoms with van der Waals surface area (Å²) in [6.07, 6.45) is 0. The molecule has 0 aliphatic rings. The van der Waals surface area contributed by atoms with Crippen LogP contribution in [-0.4, -0.2) is 22.9 Å². The van der Waals surface area contributed by atoms with E-state index < -0.39 is 0 Å². The molecule has 1 nitrogen and oxygen atoms in total. The molecule has 0 amide bonds. The lowest BCUT2D eigenvalue weighted by atomic mass is 11.0. The van der Waals surface area contributed by atoms with Gasteiger partial charge in [-0.3, -0.25) is 4.90 Å². The fourth-order valence-corrected chi connectivity index (χ4v) is 0.862. The third-order valence-corrected chi connectivity index (χ3v) is 1.52. The molecule has 0 spiro atoms. The van der Waals surface area contributed by atoms with E-state index in [1.807, 2.05) is 0 Å².